The van der Waals surface area contributed by atoms with E-state index in [9.17, 15) is 0 Å². The molecule has 0 aliphatic rings. The molecular formula is C12H14N4S. The van der Waals surface area contributed by atoms with Crippen LogP contribution >= 0.6 is 12.2 Å². The highest BCUT2D eigenvalue weighted by molar-refractivity contribution is 7.80. The molecule has 2 heterocycles. The summed E-state index contributed by atoms with van der Waals surface area (Å²) in [5.74, 6) is 0. The zero-order chi connectivity index (χ0) is 12.6. The van der Waals surface area contributed by atoms with E-state index >= 15 is 0 Å². The topological polar surface area (TPSA) is 56.7 Å². The normalized spacial score (nSPS) is 10.5. The van der Waals surface area contributed by atoms with E-state index in [1.165, 1.54) is 5.56 Å². The van der Waals surface area contributed by atoms with Crippen LogP contribution in [0.1, 0.15) is 22.6 Å². The highest BCUT2D eigenvalue weighted by Crippen LogP contribution is 2.16. The van der Waals surface area contributed by atoms with Gasteiger partial charge in [-0.15, -0.1) is 0 Å². The Morgan fingerprint density at radius 3 is 2.41 bits per heavy atom. The van der Waals surface area contributed by atoms with E-state index in [0.717, 1.165) is 17.1 Å². The Balaban J connectivity index is 2.47. The van der Waals surface area contributed by atoms with Gasteiger partial charge in [0.05, 0.1) is 23.3 Å². The molecule has 0 amide bonds. The van der Waals surface area contributed by atoms with Crippen LogP contribution in [-0.4, -0.2) is 19.8 Å². The van der Waals surface area contributed by atoms with Gasteiger partial charge in [-0.3, -0.25) is 4.98 Å². The number of aryl methyl sites for hydroxylation is 1. The first-order chi connectivity index (χ1) is 8.00. The van der Waals surface area contributed by atoms with Gasteiger partial charge in [0, 0.05) is 5.69 Å². The standard InChI is InChI=1S/C12H14N4S/c1-7-8(2)15-16(9(7)3)10-4-5-11(12(13)17)14-6-10/h4-6H,1-3H3,(H2,13,17). The summed E-state index contributed by atoms with van der Waals surface area (Å²) in [7, 11) is 0. The van der Waals surface area contributed by atoms with Gasteiger partial charge >= 0.3 is 0 Å². The maximum Gasteiger partial charge on any atom is 0.122 e. The molecule has 88 valence electrons. The van der Waals surface area contributed by atoms with Gasteiger partial charge in [-0.05, 0) is 38.5 Å². The van der Waals surface area contributed by atoms with Crippen molar-refractivity contribution in [2.75, 3.05) is 0 Å². The number of hydrogen-bond donors (Lipinski definition) is 1. The first kappa shape index (κ1) is 11.7. The summed E-state index contributed by atoms with van der Waals surface area (Å²) in [6.07, 6.45) is 1.73. The third-order valence-electron chi connectivity index (χ3n) is 2.90. The van der Waals surface area contributed by atoms with Crippen molar-refractivity contribution < 1.29 is 0 Å². The Bertz CT molecular complexity index is 569. The van der Waals surface area contributed by atoms with Crippen LogP contribution in [-0.2, 0) is 0 Å². The van der Waals surface area contributed by atoms with Gasteiger partial charge in [0.25, 0.3) is 0 Å². The summed E-state index contributed by atoms with van der Waals surface area (Å²) in [5, 5.41) is 4.47. The van der Waals surface area contributed by atoms with Gasteiger partial charge in [0.1, 0.15) is 4.99 Å². The molecule has 4 nitrogen and oxygen atoms in total. The van der Waals surface area contributed by atoms with Crippen molar-refractivity contribution >= 4 is 17.2 Å². The van der Waals surface area contributed by atoms with Crippen molar-refractivity contribution in [3.63, 3.8) is 0 Å². The molecule has 0 spiro atoms. The van der Waals surface area contributed by atoms with Crippen LogP contribution in [0.25, 0.3) is 5.69 Å². The first-order valence-electron chi connectivity index (χ1n) is 5.29. The minimum Gasteiger partial charge on any atom is -0.388 e. The van der Waals surface area contributed by atoms with Gasteiger partial charge in [-0.1, -0.05) is 12.2 Å². The Hall–Kier alpha value is -1.75. The molecule has 0 aliphatic heterocycles. The van der Waals surface area contributed by atoms with Crippen LogP contribution in [0, 0.1) is 20.8 Å². The first-order valence-corrected chi connectivity index (χ1v) is 5.70. The number of nitrogens with two attached hydrogens (primary N) is 1. The van der Waals surface area contributed by atoms with E-state index in [4.69, 9.17) is 18.0 Å². The maximum absolute atomic E-state index is 5.51. The summed E-state index contributed by atoms with van der Waals surface area (Å²) in [6, 6.07) is 3.73. The van der Waals surface area contributed by atoms with Crippen molar-refractivity contribution in [3.8, 4) is 5.69 Å². The van der Waals surface area contributed by atoms with Crippen LogP contribution in [0.15, 0.2) is 18.3 Å². The molecule has 0 aromatic carbocycles. The maximum atomic E-state index is 5.51. The zero-order valence-corrected chi connectivity index (χ0v) is 10.9. The highest BCUT2D eigenvalue weighted by atomic mass is 32.1. The molecule has 5 heteroatoms. The van der Waals surface area contributed by atoms with Crippen LogP contribution in [0.2, 0.25) is 0 Å². The fraction of sp³-hybridized carbons (Fsp3) is 0.250. The van der Waals surface area contributed by atoms with Gasteiger partial charge in [-0.25, -0.2) is 4.68 Å². The third kappa shape index (κ3) is 2.06. The molecule has 2 N–H and O–H groups in total. The number of pyridine rings is 1. The van der Waals surface area contributed by atoms with Gasteiger partial charge in [0.15, 0.2) is 0 Å². The van der Waals surface area contributed by atoms with Crippen molar-refractivity contribution in [1.82, 2.24) is 14.8 Å². The molecule has 2 aromatic heterocycles. The summed E-state index contributed by atoms with van der Waals surface area (Å²) in [5.41, 5.74) is 10.4. The lowest BCUT2D eigenvalue weighted by Crippen LogP contribution is -2.11. The second kappa shape index (κ2) is 4.25. The monoisotopic (exact) mass is 246 g/mol. The van der Waals surface area contributed by atoms with E-state index in [2.05, 4.69) is 17.0 Å². The Labute approximate surface area is 105 Å². The van der Waals surface area contributed by atoms with Gasteiger partial charge < -0.3 is 5.73 Å². The predicted molar refractivity (Wildman–Crippen MR) is 71.5 cm³/mol. The molecule has 0 saturated carbocycles. The van der Waals surface area contributed by atoms with Crippen molar-refractivity contribution in [2.24, 2.45) is 5.73 Å². The average molecular weight is 246 g/mol. The quantitative estimate of drug-likeness (QED) is 0.821. The molecule has 0 atom stereocenters. The molecule has 0 unspecified atom stereocenters. The number of hydrogen-bond acceptors (Lipinski definition) is 3. The number of aromatic nitrogens is 3. The van der Waals surface area contributed by atoms with Gasteiger partial charge in [-0.2, -0.15) is 5.10 Å². The summed E-state index contributed by atoms with van der Waals surface area (Å²) in [4.78, 5) is 4.51. The van der Waals surface area contributed by atoms with Crippen LogP contribution in [0.5, 0.6) is 0 Å². The van der Waals surface area contributed by atoms with Crippen LogP contribution in [0.3, 0.4) is 0 Å². The number of thiocarbonyl (C=S) groups is 1. The second-order valence-electron chi connectivity index (χ2n) is 3.97. The Morgan fingerprint density at radius 1 is 1.29 bits per heavy atom. The molecule has 0 aliphatic carbocycles. The molecule has 0 radical (unpaired) electrons. The molecule has 17 heavy (non-hydrogen) atoms. The fourth-order valence-corrected chi connectivity index (χ4v) is 1.75. The van der Waals surface area contributed by atoms with E-state index in [1.807, 2.05) is 30.7 Å². The molecule has 0 saturated heterocycles. The summed E-state index contributed by atoms with van der Waals surface area (Å²) in [6.45, 7) is 6.09. The van der Waals surface area contributed by atoms with Gasteiger partial charge in [0.2, 0.25) is 0 Å². The summed E-state index contributed by atoms with van der Waals surface area (Å²) >= 11 is 4.87. The Kier molecular flexibility index (Phi) is 2.93. The lowest BCUT2D eigenvalue weighted by Gasteiger charge is -2.05. The van der Waals surface area contributed by atoms with Crippen molar-refractivity contribution in [2.45, 2.75) is 20.8 Å². The van der Waals surface area contributed by atoms with Crippen LogP contribution in [0.4, 0.5) is 0 Å². The highest BCUT2D eigenvalue weighted by Gasteiger charge is 2.09. The SMILES string of the molecule is Cc1nn(-c2ccc(C(N)=S)nc2)c(C)c1C. The summed E-state index contributed by atoms with van der Waals surface area (Å²) < 4.78 is 1.88. The number of rotatable bonds is 2. The largest absolute Gasteiger partial charge is 0.388 e. The fourth-order valence-electron chi connectivity index (χ4n) is 1.63. The minimum atomic E-state index is 0.307. The second-order valence-corrected chi connectivity index (χ2v) is 4.41. The van der Waals surface area contributed by atoms with E-state index in [1.54, 1.807) is 6.20 Å². The third-order valence-corrected chi connectivity index (χ3v) is 3.11. The van der Waals surface area contributed by atoms with E-state index in [-0.39, 0.29) is 0 Å². The zero-order valence-electron chi connectivity index (χ0n) is 10.1. The smallest absolute Gasteiger partial charge is 0.122 e. The molecule has 2 rings (SSSR count). The lowest BCUT2D eigenvalue weighted by molar-refractivity contribution is 0.828. The van der Waals surface area contributed by atoms with Crippen molar-refractivity contribution in [1.29, 1.82) is 0 Å². The molecule has 0 bridgehead atoms. The van der Waals surface area contributed by atoms with Crippen LogP contribution < -0.4 is 5.73 Å². The average Bonchev–Trinajstić information content (AvgIpc) is 2.57. The number of nitrogens with zero attached hydrogens (tertiary/aromatic N) is 3. The predicted octanol–water partition coefficient (Wildman–Crippen LogP) is 1.83. The van der Waals surface area contributed by atoms with E-state index in [0.29, 0.717) is 10.7 Å². The Morgan fingerprint density at radius 2 is 2.00 bits per heavy atom. The lowest BCUT2D eigenvalue weighted by atomic mass is 10.2. The molecular weight excluding hydrogens is 232 g/mol. The molecule has 2 aromatic rings. The van der Waals surface area contributed by atoms with E-state index < -0.39 is 0 Å². The van der Waals surface area contributed by atoms with Crippen molar-refractivity contribution in [3.05, 3.63) is 41.0 Å². The molecule has 0 fully saturated rings. The minimum absolute atomic E-state index is 0.307.